The molecule has 0 saturated carbocycles. The van der Waals surface area contributed by atoms with Gasteiger partial charge in [0.05, 0.1) is 0 Å². The first-order valence-corrected chi connectivity index (χ1v) is 8.56. The summed E-state index contributed by atoms with van der Waals surface area (Å²) in [5.74, 6) is 0.257. The molecule has 3 heterocycles. The second kappa shape index (κ2) is 7.36. The van der Waals surface area contributed by atoms with Crippen LogP contribution >= 0.6 is 0 Å². The van der Waals surface area contributed by atoms with Crippen molar-refractivity contribution in [2.24, 2.45) is 5.41 Å². The number of carbonyl (C=O) groups is 1. The molecule has 0 bridgehead atoms. The maximum atomic E-state index is 12.1. The van der Waals surface area contributed by atoms with E-state index in [1.54, 1.807) is 6.33 Å². The highest BCUT2D eigenvalue weighted by Crippen LogP contribution is 2.40. The zero-order valence-electron chi connectivity index (χ0n) is 13.7. The summed E-state index contributed by atoms with van der Waals surface area (Å²) >= 11 is 0. The second-order valence-corrected chi connectivity index (χ2v) is 6.92. The molecule has 1 N–H and O–H groups in total. The van der Waals surface area contributed by atoms with Gasteiger partial charge in [-0.3, -0.25) is 9.69 Å². The van der Waals surface area contributed by atoms with E-state index in [0.717, 1.165) is 51.0 Å². The summed E-state index contributed by atoms with van der Waals surface area (Å²) in [5.41, 5.74) is 1.44. The van der Waals surface area contributed by atoms with E-state index in [2.05, 4.69) is 14.9 Å². The molecule has 2 fully saturated rings. The Balaban J connectivity index is 1.54. The van der Waals surface area contributed by atoms with Gasteiger partial charge >= 0.3 is 0 Å². The fourth-order valence-electron chi connectivity index (χ4n) is 3.83. The lowest BCUT2D eigenvalue weighted by Gasteiger charge is -2.47. The predicted octanol–water partition coefficient (Wildman–Crippen LogP) is 1.06. The molecule has 1 aromatic heterocycles. The molecular formula is C17H26N4O2. The molecule has 6 nitrogen and oxygen atoms in total. The van der Waals surface area contributed by atoms with E-state index in [1.165, 1.54) is 0 Å². The van der Waals surface area contributed by atoms with Crippen LogP contribution in [0.2, 0.25) is 0 Å². The maximum absolute atomic E-state index is 12.1. The smallest absolute Gasteiger partial charge is 0.222 e. The number of aliphatic hydroxyl groups excluding tert-OH is 1. The molecule has 2 aliphatic heterocycles. The van der Waals surface area contributed by atoms with Crippen LogP contribution in [0.25, 0.3) is 0 Å². The Morgan fingerprint density at radius 2 is 1.91 bits per heavy atom. The minimum atomic E-state index is 0.156. The van der Waals surface area contributed by atoms with Crippen LogP contribution in [0.5, 0.6) is 0 Å². The van der Waals surface area contributed by atoms with Crippen molar-refractivity contribution < 1.29 is 9.90 Å². The van der Waals surface area contributed by atoms with Gasteiger partial charge in [0.15, 0.2) is 0 Å². The monoisotopic (exact) mass is 318 g/mol. The molecule has 0 aliphatic carbocycles. The Hall–Kier alpha value is -1.53. The number of aromatic nitrogens is 2. The number of hydrogen-bond donors (Lipinski definition) is 1. The molecule has 6 heteroatoms. The van der Waals surface area contributed by atoms with E-state index in [4.69, 9.17) is 5.11 Å². The fourth-order valence-corrected chi connectivity index (χ4v) is 3.83. The van der Waals surface area contributed by atoms with Gasteiger partial charge < -0.3 is 10.0 Å². The minimum absolute atomic E-state index is 0.156. The van der Waals surface area contributed by atoms with Crippen LogP contribution in [0.4, 0.5) is 0 Å². The van der Waals surface area contributed by atoms with Gasteiger partial charge in [-0.2, -0.15) is 0 Å². The van der Waals surface area contributed by atoms with E-state index < -0.39 is 0 Å². The Morgan fingerprint density at radius 1 is 1.17 bits per heavy atom. The average molecular weight is 318 g/mol. The molecule has 1 aromatic rings. The van der Waals surface area contributed by atoms with Crippen molar-refractivity contribution in [3.05, 3.63) is 24.3 Å². The number of amides is 1. The van der Waals surface area contributed by atoms with Crippen LogP contribution in [0.1, 0.15) is 37.7 Å². The SMILES string of the molecule is O=C1CCC2(CCN(Cc3cncnc3)CC2)CN1CCCO. The van der Waals surface area contributed by atoms with E-state index in [1.807, 2.05) is 17.3 Å². The summed E-state index contributed by atoms with van der Waals surface area (Å²) < 4.78 is 0. The summed E-state index contributed by atoms with van der Waals surface area (Å²) in [7, 11) is 0. The number of aliphatic hydroxyl groups is 1. The number of carbonyl (C=O) groups excluding carboxylic acids is 1. The largest absolute Gasteiger partial charge is 0.396 e. The molecule has 3 rings (SSSR count). The topological polar surface area (TPSA) is 69.6 Å². The predicted molar refractivity (Wildman–Crippen MR) is 86.5 cm³/mol. The zero-order valence-corrected chi connectivity index (χ0v) is 13.7. The minimum Gasteiger partial charge on any atom is -0.396 e. The van der Waals surface area contributed by atoms with Gasteiger partial charge in [-0.15, -0.1) is 0 Å². The molecular weight excluding hydrogens is 292 g/mol. The van der Waals surface area contributed by atoms with Gasteiger partial charge in [0.1, 0.15) is 6.33 Å². The lowest BCUT2D eigenvalue weighted by molar-refractivity contribution is -0.139. The number of hydrogen-bond acceptors (Lipinski definition) is 5. The van der Waals surface area contributed by atoms with Crippen molar-refractivity contribution in [3.63, 3.8) is 0 Å². The standard InChI is InChI=1S/C17H26N4O2/c22-9-1-6-21-13-17(3-2-16(21)23)4-7-20(8-5-17)12-15-10-18-14-19-11-15/h10-11,14,22H,1-9,12-13H2. The third-order valence-corrected chi connectivity index (χ3v) is 5.27. The number of likely N-dealkylation sites (tertiary alicyclic amines) is 2. The number of nitrogens with zero attached hydrogens (tertiary/aromatic N) is 4. The van der Waals surface area contributed by atoms with Crippen LogP contribution in [0, 0.1) is 5.41 Å². The van der Waals surface area contributed by atoms with E-state index >= 15 is 0 Å². The second-order valence-electron chi connectivity index (χ2n) is 6.92. The van der Waals surface area contributed by atoms with Crippen LogP contribution < -0.4 is 0 Å². The third kappa shape index (κ3) is 4.06. The molecule has 2 saturated heterocycles. The van der Waals surface area contributed by atoms with Crippen molar-refractivity contribution in [1.29, 1.82) is 0 Å². The average Bonchev–Trinajstić information content (AvgIpc) is 2.59. The van der Waals surface area contributed by atoms with E-state index in [0.29, 0.717) is 19.4 Å². The molecule has 0 unspecified atom stereocenters. The van der Waals surface area contributed by atoms with Crippen molar-refractivity contribution in [3.8, 4) is 0 Å². The first kappa shape index (κ1) is 16.3. The Bertz CT molecular complexity index is 515. The first-order chi connectivity index (χ1) is 11.2. The molecule has 1 amide bonds. The van der Waals surface area contributed by atoms with E-state index in [-0.39, 0.29) is 17.9 Å². The Kier molecular flexibility index (Phi) is 5.23. The molecule has 1 spiro atoms. The molecule has 2 aliphatic rings. The Morgan fingerprint density at radius 3 is 2.61 bits per heavy atom. The quantitative estimate of drug-likeness (QED) is 0.879. The summed E-state index contributed by atoms with van der Waals surface area (Å²) in [4.78, 5) is 24.6. The normalized spacial score (nSPS) is 21.8. The van der Waals surface area contributed by atoms with Crippen LogP contribution in [-0.2, 0) is 11.3 Å². The third-order valence-electron chi connectivity index (χ3n) is 5.27. The van der Waals surface area contributed by atoms with Crippen LogP contribution in [0.15, 0.2) is 18.7 Å². The van der Waals surface area contributed by atoms with Crippen molar-refractivity contribution in [1.82, 2.24) is 19.8 Å². The van der Waals surface area contributed by atoms with Crippen molar-refractivity contribution >= 4 is 5.91 Å². The summed E-state index contributed by atoms with van der Waals surface area (Å²) in [6.45, 7) is 4.76. The van der Waals surface area contributed by atoms with Gasteiger partial charge in [0.25, 0.3) is 0 Å². The van der Waals surface area contributed by atoms with Crippen molar-refractivity contribution in [2.75, 3.05) is 32.8 Å². The van der Waals surface area contributed by atoms with Gasteiger partial charge in [0.2, 0.25) is 5.91 Å². The summed E-state index contributed by atoms with van der Waals surface area (Å²) in [5, 5.41) is 9.01. The maximum Gasteiger partial charge on any atom is 0.222 e. The van der Waals surface area contributed by atoms with Gasteiger partial charge in [0, 0.05) is 50.6 Å². The molecule has 0 aromatic carbocycles. The van der Waals surface area contributed by atoms with Gasteiger partial charge in [-0.05, 0) is 44.2 Å². The Labute approximate surface area is 137 Å². The van der Waals surface area contributed by atoms with Crippen LogP contribution in [0.3, 0.4) is 0 Å². The number of rotatable bonds is 5. The first-order valence-electron chi connectivity index (χ1n) is 8.56. The summed E-state index contributed by atoms with van der Waals surface area (Å²) in [6, 6.07) is 0. The van der Waals surface area contributed by atoms with Gasteiger partial charge in [-0.1, -0.05) is 0 Å². The molecule has 23 heavy (non-hydrogen) atoms. The van der Waals surface area contributed by atoms with Crippen molar-refractivity contribution in [2.45, 2.75) is 38.6 Å². The van der Waals surface area contributed by atoms with Crippen LogP contribution in [-0.4, -0.2) is 63.6 Å². The molecule has 0 radical (unpaired) electrons. The highest BCUT2D eigenvalue weighted by atomic mass is 16.3. The fraction of sp³-hybridized carbons (Fsp3) is 0.706. The zero-order chi connectivity index (χ0) is 16.1. The summed E-state index contributed by atoms with van der Waals surface area (Å²) in [6.07, 6.45) is 9.98. The molecule has 0 atom stereocenters. The van der Waals surface area contributed by atoms with E-state index in [9.17, 15) is 4.79 Å². The van der Waals surface area contributed by atoms with Gasteiger partial charge in [-0.25, -0.2) is 9.97 Å². The number of piperidine rings is 2. The lowest BCUT2D eigenvalue weighted by atomic mass is 9.72. The highest BCUT2D eigenvalue weighted by molar-refractivity contribution is 5.77. The molecule has 126 valence electrons. The lowest BCUT2D eigenvalue weighted by Crippen LogP contribution is -2.51. The highest BCUT2D eigenvalue weighted by Gasteiger charge is 2.40.